The van der Waals surface area contributed by atoms with Gasteiger partial charge >= 0.3 is 12.1 Å². The van der Waals surface area contributed by atoms with Crippen LogP contribution in [-0.4, -0.2) is 22.9 Å². The number of carboxylic acids is 1. The Labute approximate surface area is 176 Å². The van der Waals surface area contributed by atoms with Crippen molar-refractivity contribution in [3.63, 3.8) is 0 Å². The number of aliphatic carboxylic acids is 1. The highest BCUT2D eigenvalue weighted by atomic mass is 32.2. The van der Waals surface area contributed by atoms with Crippen molar-refractivity contribution < 1.29 is 23.1 Å². The zero-order valence-corrected chi connectivity index (χ0v) is 16.7. The first kappa shape index (κ1) is 21.9. The quantitative estimate of drug-likeness (QED) is 0.509. The summed E-state index contributed by atoms with van der Waals surface area (Å²) in [5.41, 5.74) is 7.27. The fourth-order valence-electron chi connectivity index (χ4n) is 3.28. The summed E-state index contributed by atoms with van der Waals surface area (Å²) in [7, 11) is 0. The van der Waals surface area contributed by atoms with Gasteiger partial charge in [-0.3, -0.25) is 4.79 Å². The number of carbonyl (C=O) groups is 1. The molecule has 0 saturated carbocycles. The van der Waals surface area contributed by atoms with Crippen LogP contribution in [0.4, 0.5) is 13.2 Å². The van der Waals surface area contributed by atoms with Crippen molar-refractivity contribution >= 4 is 17.7 Å². The molecule has 0 heterocycles. The van der Waals surface area contributed by atoms with Crippen LogP contribution in [-0.2, 0) is 15.7 Å². The van der Waals surface area contributed by atoms with Crippen LogP contribution in [0.1, 0.15) is 22.3 Å². The van der Waals surface area contributed by atoms with Gasteiger partial charge in [-0.1, -0.05) is 72.8 Å². The third-order valence-corrected chi connectivity index (χ3v) is 6.44. The molecule has 3 aromatic rings. The van der Waals surface area contributed by atoms with Gasteiger partial charge in [0.1, 0.15) is 6.04 Å². The lowest BCUT2D eigenvalue weighted by molar-refractivity contribution is -0.138. The summed E-state index contributed by atoms with van der Waals surface area (Å²) in [4.78, 5) is 11.3. The van der Waals surface area contributed by atoms with Crippen molar-refractivity contribution in [2.24, 2.45) is 5.73 Å². The smallest absolute Gasteiger partial charge is 0.416 e. The summed E-state index contributed by atoms with van der Waals surface area (Å²) >= 11 is 1.29. The molecule has 3 aromatic carbocycles. The van der Waals surface area contributed by atoms with Gasteiger partial charge in [0.2, 0.25) is 0 Å². The number of halogens is 3. The number of hydrogen-bond donors (Lipinski definition) is 2. The Morgan fingerprint density at radius 2 is 1.20 bits per heavy atom. The van der Waals surface area contributed by atoms with Crippen molar-refractivity contribution in [2.75, 3.05) is 5.75 Å². The minimum atomic E-state index is -4.44. The van der Waals surface area contributed by atoms with Crippen molar-refractivity contribution in [3.8, 4) is 0 Å². The van der Waals surface area contributed by atoms with E-state index >= 15 is 0 Å². The molecule has 0 fully saturated rings. The number of rotatable bonds is 7. The summed E-state index contributed by atoms with van der Waals surface area (Å²) in [6, 6.07) is 22.5. The second-order valence-electron chi connectivity index (χ2n) is 6.74. The number of hydrogen-bond acceptors (Lipinski definition) is 3. The molecule has 0 amide bonds. The minimum Gasteiger partial charge on any atom is -0.480 e. The Kier molecular flexibility index (Phi) is 6.53. The lowest BCUT2D eigenvalue weighted by Crippen LogP contribution is -2.36. The van der Waals surface area contributed by atoms with E-state index in [0.29, 0.717) is 5.56 Å². The molecule has 1 atom stereocenters. The van der Waals surface area contributed by atoms with Gasteiger partial charge in [0, 0.05) is 5.75 Å². The topological polar surface area (TPSA) is 63.3 Å². The van der Waals surface area contributed by atoms with Gasteiger partial charge in [-0.2, -0.15) is 13.2 Å². The summed E-state index contributed by atoms with van der Waals surface area (Å²) in [6.07, 6.45) is -4.44. The molecule has 0 radical (unpaired) electrons. The molecule has 0 aliphatic rings. The third kappa shape index (κ3) is 4.52. The van der Waals surface area contributed by atoms with Gasteiger partial charge < -0.3 is 10.8 Å². The van der Waals surface area contributed by atoms with Crippen LogP contribution >= 0.6 is 11.8 Å². The van der Waals surface area contributed by atoms with E-state index in [0.717, 1.165) is 23.3 Å². The van der Waals surface area contributed by atoms with E-state index in [-0.39, 0.29) is 5.75 Å². The van der Waals surface area contributed by atoms with Crippen LogP contribution in [0, 0.1) is 0 Å². The van der Waals surface area contributed by atoms with Gasteiger partial charge in [-0.25, -0.2) is 0 Å². The third-order valence-electron chi connectivity index (χ3n) is 4.78. The highest BCUT2D eigenvalue weighted by molar-refractivity contribution is 8.00. The molecule has 3 nitrogen and oxygen atoms in total. The summed E-state index contributed by atoms with van der Waals surface area (Å²) in [5.74, 6) is -1.06. The molecule has 0 saturated heterocycles. The normalized spacial score (nSPS) is 13.1. The van der Waals surface area contributed by atoms with E-state index < -0.39 is 28.5 Å². The number of alkyl halides is 3. The van der Waals surface area contributed by atoms with E-state index in [2.05, 4.69) is 0 Å². The highest BCUT2D eigenvalue weighted by Crippen LogP contribution is 2.49. The number of carboxylic acid groups (broad SMARTS) is 1. The second kappa shape index (κ2) is 8.93. The molecular weight excluding hydrogens is 411 g/mol. The second-order valence-corrected chi connectivity index (χ2v) is 7.98. The van der Waals surface area contributed by atoms with Crippen molar-refractivity contribution in [1.82, 2.24) is 0 Å². The van der Waals surface area contributed by atoms with Crippen LogP contribution in [0.3, 0.4) is 0 Å². The van der Waals surface area contributed by atoms with Crippen molar-refractivity contribution in [1.29, 1.82) is 0 Å². The monoisotopic (exact) mass is 431 g/mol. The van der Waals surface area contributed by atoms with Crippen molar-refractivity contribution in [3.05, 3.63) is 107 Å². The zero-order chi connectivity index (χ0) is 21.8. The maximum atomic E-state index is 13.1. The number of nitrogens with two attached hydrogens (primary N) is 1. The molecule has 0 unspecified atom stereocenters. The molecule has 3 N–H and O–H groups in total. The Morgan fingerprint density at radius 3 is 1.60 bits per heavy atom. The summed E-state index contributed by atoms with van der Waals surface area (Å²) < 4.78 is 38.4. The SMILES string of the molecule is N[C@@H](CSC(c1ccccc1)(c1ccccc1)c1ccc(C(F)(F)F)cc1)C(=O)O. The Morgan fingerprint density at radius 1 is 0.800 bits per heavy atom. The first-order valence-corrected chi connectivity index (χ1v) is 10.1. The predicted octanol–water partition coefficient (Wildman–Crippen LogP) is 5.14. The lowest BCUT2D eigenvalue weighted by Gasteiger charge is -2.36. The lowest BCUT2D eigenvalue weighted by atomic mass is 9.83. The number of thioether (sulfide) groups is 1. The molecule has 0 bridgehead atoms. The molecule has 30 heavy (non-hydrogen) atoms. The molecule has 3 rings (SSSR count). The van der Waals surface area contributed by atoms with E-state index in [1.807, 2.05) is 60.7 Å². The predicted molar refractivity (Wildman–Crippen MR) is 112 cm³/mol. The van der Waals surface area contributed by atoms with E-state index in [4.69, 9.17) is 5.73 Å². The van der Waals surface area contributed by atoms with E-state index in [1.54, 1.807) is 0 Å². The average molecular weight is 431 g/mol. The Bertz CT molecular complexity index is 937. The van der Waals surface area contributed by atoms with Gasteiger partial charge in [0.15, 0.2) is 0 Å². The fraction of sp³-hybridized carbons (Fsp3) is 0.174. The molecule has 156 valence electrons. The maximum absolute atomic E-state index is 13.1. The van der Waals surface area contributed by atoms with Gasteiger partial charge in [-0.05, 0) is 28.8 Å². The highest BCUT2D eigenvalue weighted by Gasteiger charge is 2.39. The van der Waals surface area contributed by atoms with Gasteiger partial charge in [0.25, 0.3) is 0 Å². The Balaban J connectivity index is 2.21. The molecule has 0 aliphatic carbocycles. The van der Waals surface area contributed by atoms with Crippen LogP contribution in [0.15, 0.2) is 84.9 Å². The van der Waals surface area contributed by atoms with Crippen LogP contribution in [0.2, 0.25) is 0 Å². The fourth-order valence-corrected chi connectivity index (χ4v) is 4.76. The average Bonchev–Trinajstić information content (AvgIpc) is 2.75. The van der Waals surface area contributed by atoms with Gasteiger partial charge in [0.05, 0.1) is 10.3 Å². The molecule has 7 heteroatoms. The number of benzene rings is 3. The van der Waals surface area contributed by atoms with Crippen LogP contribution in [0.5, 0.6) is 0 Å². The van der Waals surface area contributed by atoms with Crippen molar-refractivity contribution in [2.45, 2.75) is 17.0 Å². The standard InChI is InChI=1S/C23H20F3NO2S/c24-23(25,26)19-13-11-18(12-14-19)22(16-7-3-1-4-8-16,17-9-5-2-6-10-17)30-15-20(27)21(28)29/h1-14,20H,15,27H2,(H,28,29)/t20-/m0/s1. The minimum absolute atomic E-state index is 0.0696. The first-order chi connectivity index (χ1) is 14.2. The largest absolute Gasteiger partial charge is 0.480 e. The van der Waals surface area contributed by atoms with E-state index in [1.165, 1.54) is 23.9 Å². The molecule has 0 aliphatic heterocycles. The molecular formula is C23H20F3NO2S. The zero-order valence-electron chi connectivity index (χ0n) is 15.8. The van der Waals surface area contributed by atoms with Gasteiger partial charge in [-0.15, -0.1) is 11.8 Å². The van der Waals surface area contributed by atoms with Crippen LogP contribution < -0.4 is 5.73 Å². The summed E-state index contributed by atoms with van der Waals surface area (Å²) in [6.45, 7) is 0. The Hall–Kier alpha value is -2.77. The van der Waals surface area contributed by atoms with Crippen LogP contribution in [0.25, 0.3) is 0 Å². The summed E-state index contributed by atoms with van der Waals surface area (Å²) in [5, 5.41) is 9.25. The molecule has 0 aromatic heterocycles. The van der Waals surface area contributed by atoms with E-state index in [9.17, 15) is 23.1 Å². The molecule has 0 spiro atoms. The maximum Gasteiger partial charge on any atom is 0.416 e. The first-order valence-electron chi connectivity index (χ1n) is 9.16.